The van der Waals surface area contributed by atoms with E-state index < -0.39 is 0 Å². The number of tetrazole rings is 1. The second-order valence-corrected chi connectivity index (χ2v) is 6.50. The smallest absolute Gasteiger partial charge is 0.168 e. The van der Waals surface area contributed by atoms with Crippen molar-refractivity contribution < 1.29 is 4.74 Å². The lowest BCUT2D eigenvalue weighted by atomic mass is 10.0. The third-order valence-corrected chi connectivity index (χ3v) is 4.85. The largest absolute Gasteiger partial charge is 0.383 e. The van der Waals surface area contributed by atoms with Gasteiger partial charge in [-0.25, -0.2) is 4.68 Å². The fourth-order valence-corrected chi connectivity index (χ4v) is 2.91. The summed E-state index contributed by atoms with van der Waals surface area (Å²) < 4.78 is 7.04. The van der Waals surface area contributed by atoms with E-state index in [1.807, 2.05) is 4.68 Å². The van der Waals surface area contributed by atoms with Gasteiger partial charge in [0.05, 0.1) is 18.7 Å². The van der Waals surface area contributed by atoms with Crippen LogP contribution in [0.3, 0.4) is 0 Å². The molecule has 1 aromatic rings. The van der Waals surface area contributed by atoms with Gasteiger partial charge in [-0.2, -0.15) is 0 Å². The SMILES string of the molecule is COCCNC(C)c1nnnn1C1C(C)(C)C1(C)C. The Kier molecular flexibility index (Phi) is 3.66. The Hall–Kier alpha value is -1.01. The van der Waals surface area contributed by atoms with Crippen LogP contribution in [0.4, 0.5) is 0 Å². The third-order valence-electron chi connectivity index (χ3n) is 4.85. The van der Waals surface area contributed by atoms with Crippen LogP contribution in [0.2, 0.25) is 0 Å². The predicted octanol–water partition coefficient (Wildman–Crippen LogP) is 1.58. The Morgan fingerprint density at radius 1 is 1.32 bits per heavy atom. The van der Waals surface area contributed by atoms with Crippen molar-refractivity contribution in [2.24, 2.45) is 10.8 Å². The lowest BCUT2D eigenvalue weighted by molar-refractivity contribution is 0.195. The van der Waals surface area contributed by atoms with Crippen LogP contribution in [-0.4, -0.2) is 40.5 Å². The number of methoxy groups -OCH3 is 1. The minimum Gasteiger partial charge on any atom is -0.383 e. The molecule has 2 rings (SSSR count). The van der Waals surface area contributed by atoms with Crippen LogP contribution in [0.1, 0.15) is 52.5 Å². The normalized spacial score (nSPS) is 22.4. The zero-order valence-electron chi connectivity index (χ0n) is 12.8. The van der Waals surface area contributed by atoms with E-state index in [1.54, 1.807) is 7.11 Å². The first kappa shape index (κ1) is 14.4. The Balaban J connectivity index is 2.11. The molecule has 0 radical (unpaired) electrons. The number of nitrogens with one attached hydrogen (secondary N) is 1. The summed E-state index contributed by atoms with van der Waals surface area (Å²) in [5.74, 6) is 0.903. The van der Waals surface area contributed by atoms with Crippen molar-refractivity contribution >= 4 is 0 Å². The highest BCUT2D eigenvalue weighted by atomic mass is 16.5. The molecule has 0 spiro atoms. The van der Waals surface area contributed by atoms with Crippen molar-refractivity contribution in [2.75, 3.05) is 20.3 Å². The first-order valence-electron chi connectivity index (χ1n) is 6.84. The summed E-state index contributed by atoms with van der Waals surface area (Å²) in [6.45, 7) is 12.6. The van der Waals surface area contributed by atoms with Crippen molar-refractivity contribution in [3.05, 3.63) is 5.82 Å². The maximum absolute atomic E-state index is 5.04. The van der Waals surface area contributed by atoms with E-state index in [0.29, 0.717) is 12.6 Å². The minimum atomic E-state index is 0.123. The number of hydrogen-bond donors (Lipinski definition) is 1. The molecule has 1 saturated carbocycles. The molecule has 0 amide bonds. The van der Waals surface area contributed by atoms with Crippen LogP contribution in [0.25, 0.3) is 0 Å². The van der Waals surface area contributed by atoms with E-state index in [0.717, 1.165) is 12.4 Å². The monoisotopic (exact) mass is 267 g/mol. The maximum Gasteiger partial charge on any atom is 0.168 e. The van der Waals surface area contributed by atoms with Gasteiger partial charge in [0.2, 0.25) is 0 Å². The summed E-state index contributed by atoms with van der Waals surface area (Å²) in [5.41, 5.74) is 0.451. The van der Waals surface area contributed by atoms with Gasteiger partial charge in [0.15, 0.2) is 5.82 Å². The predicted molar refractivity (Wildman–Crippen MR) is 72.7 cm³/mol. The van der Waals surface area contributed by atoms with Crippen LogP contribution in [-0.2, 0) is 4.74 Å². The summed E-state index contributed by atoms with van der Waals surface area (Å²) in [7, 11) is 1.70. The highest BCUT2D eigenvalue weighted by molar-refractivity contribution is 5.17. The fraction of sp³-hybridized carbons (Fsp3) is 0.923. The van der Waals surface area contributed by atoms with Crippen LogP contribution >= 0.6 is 0 Å². The zero-order valence-corrected chi connectivity index (χ0v) is 12.8. The van der Waals surface area contributed by atoms with Crippen molar-refractivity contribution in [3.8, 4) is 0 Å². The van der Waals surface area contributed by atoms with Gasteiger partial charge in [-0.15, -0.1) is 5.10 Å². The van der Waals surface area contributed by atoms with Crippen LogP contribution in [0.15, 0.2) is 0 Å². The molecule has 1 fully saturated rings. The minimum absolute atomic E-state index is 0.123. The van der Waals surface area contributed by atoms with Crippen LogP contribution < -0.4 is 5.32 Å². The molecule has 0 saturated heterocycles. The quantitative estimate of drug-likeness (QED) is 0.793. The third kappa shape index (κ3) is 2.27. The van der Waals surface area contributed by atoms with Gasteiger partial charge in [0, 0.05) is 13.7 Å². The maximum atomic E-state index is 5.04. The first-order chi connectivity index (χ1) is 8.84. The van der Waals surface area contributed by atoms with Gasteiger partial charge < -0.3 is 10.1 Å². The molecule has 0 bridgehead atoms. The first-order valence-corrected chi connectivity index (χ1v) is 6.84. The van der Waals surface area contributed by atoms with Crippen molar-refractivity contribution in [2.45, 2.75) is 46.7 Å². The molecule has 0 aliphatic heterocycles. The molecule has 1 heterocycles. The van der Waals surface area contributed by atoms with Crippen LogP contribution in [0.5, 0.6) is 0 Å². The average molecular weight is 267 g/mol. The molecule has 19 heavy (non-hydrogen) atoms. The Labute approximate surface area is 114 Å². The van der Waals surface area contributed by atoms with E-state index in [4.69, 9.17) is 4.74 Å². The molecule has 1 atom stereocenters. The molecule has 6 heteroatoms. The zero-order chi connectivity index (χ0) is 14.3. The number of nitrogens with zero attached hydrogens (tertiary/aromatic N) is 4. The second kappa shape index (κ2) is 4.83. The van der Waals surface area contributed by atoms with Gasteiger partial charge in [0.1, 0.15) is 0 Å². The van der Waals surface area contributed by atoms with Gasteiger partial charge in [-0.05, 0) is 28.2 Å². The molecule has 0 aromatic carbocycles. The molecule has 1 aromatic heterocycles. The number of hydrogen-bond acceptors (Lipinski definition) is 5. The summed E-state index contributed by atoms with van der Waals surface area (Å²) in [6.07, 6.45) is 0. The summed E-state index contributed by atoms with van der Waals surface area (Å²) in [4.78, 5) is 0. The van der Waals surface area contributed by atoms with E-state index in [1.165, 1.54) is 0 Å². The number of aromatic nitrogens is 4. The molecular formula is C13H25N5O. The highest BCUT2D eigenvalue weighted by Gasteiger charge is 2.67. The van der Waals surface area contributed by atoms with Gasteiger partial charge in [-0.1, -0.05) is 27.7 Å². The highest BCUT2D eigenvalue weighted by Crippen LogP contribution is 2.71. The Morgan fingerprint density at radius 2 is 1.95 bits per heavy atom. The summed E-state index contributed by atoms with van der Waals surface area (Å²) in [5, 5.41) is 15.6. The second-order valence-electron chi connectivity index (χ2n) is 6.50. The van der Waals surface area contributed by atoms with Gasteiger partial charge >= 0.3 is 0 Å². The standard InChI is InChI=1S/C13H25N5O/c1-9(14-7-8-19-6)10-15-16-17-18(10)11-12(2,3)13(11,4)5/h9,11,14H,7-8H2,1-6H3. The summed E-state index contributed by atoms with van der Waals surface area (Å²) >= 11 is 0. The lowest BCUT2D eigenvalue weighted by Crippen LogP contribution is -2.26. The summed E-state index contributed by atoms with van der Waals surface area (Å²) in [6, 6.07) is 0.481. The lowest BCUT2D eigenvalue weighted by Gasteiger charge is -2.14. The molecular weight excluding hydrogens is 242 g/mol. The molecule has 1 aliphatic rings. The van der Waals surface area contributed by atoms with Crippen molar-refractivity contribution in [1.82, 2.24) is 25.5 Å². The van der Waals surface area contributed by atoms with Crippen LogP contribution in [0, 0.1) is 10.8 Å². The van der Waals surface area contributed by atoms with E-state index >= 15 is 0 Å². The Bertz CT molecular complexity index is 426. The van der Waals surface area contributed by atoms with E-state index in [-0.39, 0.29) is 16.9 Å². The van der Waals surface area contributed by atoms with Gasteiger partial charge in [-0.3, -0.25) is 0 Å². The van der Waals surface area contributed by atoms with Gasteiger partial charge in [0.25, 0.3) is 0 Å². The molecule has 1 N–H and O–H groups in total. The van der Waals surface area contributed by atoms with E-state index in [9.17, 15) is 0 Å². The van der Waals surface area contributed by atoms with E-state index in [2.05, 4.69) is 55.5 Å². The topological polar surface area (TPSA) is 64.9 Å². The average Bonchev–Trinajstić information content (AvgIpc) is 2.71. The molecule has 1 unspecified atom stereocenters. The fourth-order valence-electron chi connectivity index (χ4n) is 2.91. The molecule has 108 valence electrons. The van der Waals surface area contributed by atoms with Crippen molar-refractivity contribution in [3.63, 3.8) is 0 Å². The van der Waals surface area contributed by atoms with Crippen molar-refractivity contribution in [1.29, 1.82) is 0 Å². The number of rotatable bonds is 6. The molecule has 1 aliphatic carbocycles. The molecule has 6 nitrogen and oxygen atoms in total. The Morgan fingerprint density at radius 3 is 2.47 bits per heavy atom. The number of ether oxygens (including phenoxy) is 1.